The van der Waals surface area contributed by atoms with Gasteiger partial charge in [-0.1, -0.05) is 27.5 Å². The minimum Gasteiger partial charge on any atom is -0.497 e. The lowest BCUT2D eigenvalue weighted by molar-refractivity contribution is 0.103. The molecule has 0 fully saturated rings. The quantitative estimate of drug-likeness (QED) is 0.290. The molecule has 6 heteroatoms. The van der Waals surface area contributed by atoms with Crippen LogP contribution in [0.2, 0.25) is 5.02 Å². The molecule has 0 amide bonds. The fourth-order valence-corrected chi connectivity index (χ4v) is 2.55. The fourth-order valence-electron chi connectivity index (χ4n) is 2.09. The van der Waals surface area contributed by atoms with Crippen LogP contribution in [0.15, 0.2) is 47.5 Å². The van der Waals surface area contributed by atoms with E-state index in [1.54, 1.807) is 49.6 Å². The van der Waals surface area contributed by atoms with Crippen LogP contribution in [0.25, 0.3) is 0 Å². The predicted molar refractivity (Wildman–Crippen MR) is 100 cm³/mol. The lowest BCUT2D eigenvalue weighted by Gasteiger charge is -2.09. The van der Waals surface area contributed by atoms with Crippen LogP contribution in [0.4, 0.5) is 5.69 Å². The van der Waals surface area contributed by atoms with Crippen molar-refractivity contribution in [3.05, 3.63) is 58.6 Å². The summed E-state index contributed by atoms with van der Waals surface area (Å²) in [6, 6.07) is 11.9. The first-order valence-electron chi connectivity index (χ1n) is 7.33. The number of hydrogen-bond acceptors (Lipinski definition) is 4. The van der Waals surface area contributed by atoms with Gasteiger partial charge in [-0.2, -0.15) is 0 Å². The molecule has 0 aliphatic carbocycles. The predicted octanol–water partition coefficient (Wildman–Crippen LogP) is 5.04. The molecule has 0 aromatic heterocycles. The van der Waals surface area contributed by atoms with Crippen LogP contribution in [0, 0.1) is 0 Å². The Balaban J connectivity index is 2.43. The second-order valence-corrected chi connectivity index (χ2v) is 5.79. The number of halogens is 2. The number of hydrogen-bond donors (Lipinski definition) is 0. The summed E-state index contributed by atoms with van der Waals surface area (Å²) in [6.45, 7) is 2.38. The maximum absolute atomic E-state index is 12.8. The second-order valence-electron chi connectivity index (χ2n) is 4.79. The molecule has 2 aromatic rings. The summed E-state index contributed by atoms with van der Waals surface area (Å²) in [5, 5.41) is 0.933. The van der Waals surface area contributed by atoms with Crippen LogP contribution >= 0.6 is 27.5 Å². The number of rotatable bonds is 6. The summed E-state index contributed by atoms with van der Waals surface area (Å²) in [6.07, 6.45) is 0. The van der Waals surface area contributed by atoms with E-state index in [1.165, 1.54) is 0 Å². The van der Waals surface area contributed by atoms with Gasteiger partial charge in [0.25, 0.3) is 0 Å². The Kier molecular flexibility index (Phi) is 6.82. The highest BCUT2D eigenvalue weighted by atomic mass is 79.9. The van der Waals surface area contributed by atoms with E-state index in [0.717, 1.165) is 0 Å². The molecule has 0 heterocycles. The molecule has 0 aliphatic rings. The number of benzene rings is 2. The van der Waals surface area contributed by atoms with Gasteiger partial charge in [0.05, 0.1) is 24.7 Å². The molecule has 4 nitrogen and oxygen atoms in total. The van der Waals surface area contributed by atoms with E-state index in [0.29, 0.717) is 45.4 Å². The molecule has 0 bridgehead atoms. The normalized spacial score (nSPS) is 11.2. The summed E-state index contributed by atoms with van der Waals surface area (Å²) in [7, 11) is 1.58. The molecular formula is C18H17BrClNO3. The number of ketones is 1. The van der Waals surface area contributed by atoms with Gasteiger partial charge in [-0.3, -0.25) is 4.79 Å². The van der Waals surface area contributed by atoms with Gasteiger partial charge in [0.15, 0.2) is 11.7 Å². The number of alkyl halides is 1. The SMILES string of the molecule is CCO/C(CBr)=N/c1ccc(Cl)cc1C(=O)c1ccc(OC)cc1. The Morgan fingerprint density at radius 1 is 1.21 bits per heavy atom. The zero-order valence-corrected chi connectivity index (χ0v) is 15.7. The topological polar surface area (TPSA) is 47.9 Å². The van der Waals surface area contributed by atoms with Gasteiger partial charge in [0.1, 0.15) is 5.75 Å². The van der Waals surface area contributed by atoms with E-state index >= 15 is 0 Å². The molecule has 0 radical (unpaired) electrons. The van der Waals surface area contributed by atoms with Crippen molar-refractivity contribution in [2.24, 2.45) is 4.99 Å². The Hall–Kier alpha value is -1.85. The Morgan fingerprint density at radius 3 is 2.50 bits per heavy atom. The van der Waals surface area contributed by atoms with Crippen LogP contribution in [0.3, 0.4) is 0 Å². The molecule has 0 aliphatic heterocycles. The van der Waals surface area contributed by atoms with Crippen molar-refractivity contribution >= 4 is 44.9 Å². The molecule has 0 spiro atoms. The highest BCUT2D eigenvalue weighted by Gasteiger charge is 2.15. The average molecular weight is 411 g/mol. The molecule has 24 heavy (non-hydrogen) atoms. The molecular weight excluding hydrogens is 394 g/mol. The van der Waals surface area contributed by atoms with Gasteiger partial charge in [-0.05, 0) is 49.4 Å². The van der Waals surface area contributed by atoms with Gasteiger partial charge >= 0.3 is 0 Å². The van der Waals surface area contributed by atoms with Crippen molar-refractivity contribution < 1.29 is 14.3 Å². The third-order valence-electron chi connectivity index (χ3n) is 3.23. The number of carbonyl (C=O) groups is 1. The number of carbonyl (C=O) groups excluding carboxylic acids is 1. The lowest BCUT2D eigenvalue weighted by atomic mass is 10.0. The monoisotopic (exact) mass is 409 g/mol. The molecule has 0 saturated heterocycles. The van der Waals surface area contributed by atoms with Gasteiger partial charge in [0.2, 0.25) is 0 Å². The van der Waals surface area contributed by atoms with E-state index in [2.05, 4.69) is 20.9 Å². The number of methoxy groups -OCH3 is 1. The molecule has 0 unspecified atom stereocenters. The summed E-state index contributed by atoms with van der Waals surface area (Å²) in [5.41, 5.74) is 1.47. The van der Waals surface area contributed by atoms with Crippen molar-refractivity contribution in [2.45, 2.75) is 6.92 Å². The highest BCUT2D eigenvalue weighted by Crippen LogP contribution is 2.27. The third kappa shape index (κ3) is 4.58. The summed E-state index contributed by atoms with van der Waals surface area (Å²) < 4.78 is 10.6. The molecule has 126 valence electrons. The van der Waals surface area contributed by atoms with Gasteiger partial charge in [0, 0.05) is 16.1 Å². The lowest BCUT2D eigenvalue weighted by Crippen LogP contribution is -2.07. The maximum atomic E-state index is 12.8. The van der Waals surface area contributed by atoms with Gasteiger partial charge in [-0.15, -0.1) is 0 Å². The first-order valence-corrected chi connectivity index (χ1v) is 8.83. The van der Waals surface area contributed by atoms with Crippen molar-refractivity contribution in [2.75, 3.05) is 19.0 Å². The van der Waals surface area contributed by atoms with Crippen LogP contribution < -0.4 is 4.74 Å². The minimum absolute atomic E-state index is 0.163. The Bertz CT molecular complexity index is 744. The maximum Gasteiger partial charge on any atom is 0.199 e. The zero-order valence-electron chi connectivity index (χ0n) is 13.4. The molecule has 2 aromatic carbocycles. The fraction of sp³-hybridized carbons (Fsp3) is 0.222. The van der Waals surface area contributed by atoms with Crippen LogP contribution in [0.1, 0.15) is 22.8 Å². The zero-order chi connectivity index (χ0) is 17.5. The largest absolute Gasteiger partial charge is 0.497 e. The van der Waals surface area contributed by atoms with E-state index < -0.39 is 0 Å². The van der Waals surface area contributed by atoms with Gasteiger partial charge < -0.3 is 9.47 Å². The molecule has 0 atom stereocenters. The van der Waals surface area contributed by atoms with Crippen molar-refractivity contribution in [3.8, 4) is 5.75 Å². The summed E-state index contributed by atoms with van der Waals surface area (Å²) >= 11 is 9.40. The van der Waals surface area contributed by atoms with Gasteiger partial charge in [-0.25, -0.2) is 4.99 Å². The van der Waals surface area contributed by atoms with E-state index in [9.17, 15) is 4.79 Å². The summed E-state index contributed by atoms with van der Waals surface area (Å²) in [5.74, 6) is 1.03. The number of aliphatic imine (C=N–C) groups is 1. The third-order valence-corrected chi connectivity index (χ3v) is 3.94. The van der Waals surface area contributed by atoms with Crippen LogP contribution in [-0.4, -0.2) is 30.7 Å². The first-order chi connectivity index (χ1) is 11.6. The minimum atomic E-state index is -0.163. The Morgan fingerprint density at radius 2 is 1.92 bits per heavy atom. The molecule has 0 N–H and O–H groups in total. The van der Waals surface area contributed by atoms with Crippen molar-refractivity contribution in [3.63, 3.8) is 0 Å². The number of nitrogens with zero attached hydrogens (tertiary/aromatic N) is 1. The second kappa shape index (κ2) is 8.85. The first kappa shape index (κ1) is 18.5. The standard InChI is InChI=1S/C18H17BrClNO3/c1-3-24-17(11-19)21-16-9-6-13(20)10-15(16)18(22)12-4-7-14(23-2)8-5-12/h4-10H,3,11H2,1-2H3/b21-17+. The molecule has 0 saturated carbocycles. The smallest absolute Gasteiger partial charge is 0.199 e. The van der Waals surface area contributed by atoms with E-state index in [4.69, 9.17) is 21.1 Å². The number of ether oxygens (including phenoxy) is 2. The molecule has 2 rings (SSSR count). The average Bonchev–Trinajstić information content (AvgIpc) is 2.62. The van der Waals surface area contributed by atoms with Crippen LogP contribution in [-0.2, 0) is 4.74 Å². The van der Waals surface area contributed by atoms with Crippen LogP contribution in [0.5, 0.6) is 5.75 Å². The van der Waals surface area contributed by atoms with Crippen molar-refractivity contribution in [1.82, 2.24) is 0 Å². The van der Waals surface area contributed by atoms with E-state index in [1.807, 2.05) is 6.92 Å². The highest BCUT2D eigenvalue weighted by molar-refractivity contribution is 9.09. The van der Waals surface area contributed by atoms with E-state index in [-0.39, 0.29) is 5.78 Å². The van der Waals surface area contributed by atoms with Crippen molar-refractivity contribution in [1.29, 1.82) is 0 Å². The summed E-state index contributed by atoms with van der Waals surface area (Å²) in [4.78, 5) is 17.3. The Labute approximate surface area is 154 Å².